The molecule has 1 saturated heterocycles. The second-order valence-corrected chi connectivity index (χ2v) is 9.63. The molecule has 0 radical (unpaired) electrons. The van der Waals surface area contributed by atoms with Crippen LogP contribution in [-0.2, 0) is 16.1 Å². The van der Waals surface area contributed by atoms with Crippen LogP contribution in [0.2, 0.25) is 5.02 Å². The number of methoxy groups -OCH3 is 1. The Bertz CT molecular complexity index is 1430. The molecule has 1 aromatic carbocycles. The van der Waals surface area contributed by atoms with E-state index in [9.17, 15) is 23.6 Å². The Labute approximate surface area is 208 Å². The van der Waals surface area contributed by atoms with E-state index in [0.29, 0.717) is 35.3 Å². The molecular weight excluding hydrogens is 499 g/mol. The number of carbonyl (C=O) groups excluding carboxylic acids is 2. The molecule has 35 heavy (non-hydrogen) atoms. The first-order chi connectivity index (χ1) is 16.7. The van der Waals surface area contributed by atoms with E-state index in [-0.39, 0.29) is 46.7 Å². The van der Waals surface area contributed by atoms with Crippen molar-refractivity contribution in [3.8, 4) is 16.2 Å². The molecule has 3 heterocycles. The normalized spacial score (nSPS) is 16.1. The van der Waals surface area contributed by atoms with E-state index in [1.54, 1.807) is 6.07 Å². The van der Waals surface area contributed by atoms with Gasteiger partial charge >= 0.3 is 5.69 Å². The molecule has 2 amide bonds. The van der Waals surface area contributed by atoms with Crippen LogP contribution in [0.5, 0.6) is 5.75 Å². The number of benzene rings is 1. The summed E-state index contributed by atoms with van der Waals surface area (Å²) in [6, 6.07) is 3.59. The zero-order valence-electron chi connectivity index (χ0n) is 19.2. The number of halogens is 2. The van der Waals surface area contributed by atoms with Gasteiger partial charge in [-0.2, -0.15) is 0 Å². The van der Waals surface area contributed by atoms with Crippen LogP contribution >= 0.6 is 22.9 Å². The van der Waals surface area contributed by atoms with Crippen LogP contribution < -0.4 is 26.6 Å². The van der Waals surface area contributed by atoms with Crippen molar-refractivity contribution in [3.05, 3.63) is 49.9 Å². The Morgan fingerprint density at radius 3 is 2.80 bits per heavy atom. The quantitative estimate of drug-likeness (QED) is 0.517. The summed E-state index contributed by atoms with van der Waals surface area (Å²) in [5.74, 6) is -1.13. The Morgan fingerprint density at radius 2 is 2.09 bits per heavy atom. The fraction of sp³-hybridized carbons (Fsp3) is 0.391. The highest BCUT2D eigenvalue weighted by molar-refractivity contribution is 7.22. The standard InChI is InChI=1S/C23H24ClFN4O5S/c1-26-19(30)5-7-28-16-11-18(13-9-17(34-2)15(25)10-14(13)24)35-21(16)22(32)29(23(28)33)12-4-3-6-27-20(31)8-12/h9-12H,3-8H2,1-2H3,(H,26,30)(H,27,31)/t12-/m1/s1. The van der Waals surface area contributed by atoms with Gasteiger partial charge in [-0.05, 0) is 31.0 Å². The highest BCUT2D eigenvalue weighted by Crippen LogP contribution is 2.39. The van der Waals surface area contributed by atoms with Gasteiger partial charge in [0.15, 0.2) is 11.6 Å². The number of nitrogens with zero attached hydrogens (tertiary/aromatic N) is 2. The summed E-state index contributed by atoms with van der Waals surface area (Å²) in [5.41, 5.74) is -0.311. The van der Waals surface area contributed by atoms with Crippen LogP contribution in [0, 0.1) is 5.82 Å². The van der Waals surface area contributed by atoms with Gasteiger partial charge in [-0.25, -0.2) is 9.18 Å². The van der Waals surface area contributed by atoms with E-state index in [2.05, 4.69) is 10.6 Å². The zero-order valence-corrected chi connectivity index (χ0v) is 20.7. The Balaban J connectivity index is 1.95. The van der Waals surface area contributed by atoms with Gasteiger partial charge in [0, 0.05) is 43.4 Å². The van der Waals surface area contributed by atoms with Crippen molar-refractivity contribution in [2.75, 3.05) is 20.7 Å². The summed E-state index contributed by atoms with van der Waals surface area (Å²) in [7, 11) is 2.83. The molecule has 2 N–H and O–H groups in total. The number of hydrogen-bond acceptors (Lipinski definition) is 6. The second-order valence-electron chi connectivity index (χ2n) is 8.17. The molecule has 3 aromatic rings. The number of nitrogens with one attached hydrogen (secondary N) is 2. The third-order valence-electron chi connectivity index (χ3n) is 6.02. The molecule has 2 aromatic heterocycles. The van der Waals surface area contributed by atoms with Crippen molar-refractivity contribution in [2.45, 2.75) is 38.3 Å². The number of hydrogen-bond donors (Lipinski definition) is 2. The van der Waals surface area contributed by atoms with Crippen LogP contribution in [0.1, 0.15) is 31.7 Å². The maximum Gasteiger partial charge on any atom is 0.331 e. The van der Waals surface area contributed by atoms with Crippen LogP contribution in [-0.4, -0.2) is 41.7 Å². The summed E-state index contributed by atoms with van der Waals surface area (Å²) in [4.78, 5) is 51.7. The second kappa shape index (κ2) is 10.2. The summed E-state index contributed by atoms with van der Waals surface area (Å²) >= 11 is 7.41. The molecular formula is C23H24ClFN4O5S. The van der Waals surface area contributed by atoms with Gasteiger partial charge in [0.2, 0.25) is 11.8 Å². The smallest absolute Gasteiger partial charge is 0.331 e. The van der Waals surface area contributed by atoms with Crippen molar-refractivity contribution in [3.63, 3.8) is 0 Å². The molecule has 0 aliphatic carbocycles. The predicted molar refractivity (Wildman–Crippen MR) is 132 cm³/mol. The zero-order chi connectivity index (χ0) is 25.3. The van der Waals surface area contributed by atoms with E-state index >= 15 is 0 Å². The predicted octanol–water partition coefficient (Wildman–Crippen LogP) is 2.67. The first-order valence-electron chi connectivity index (χ1n) is 11.0. The van der Waals surface area contributed by atoms with Gasteiger partial charge in [-0.1, -0.05) is 11.6 Å². The highest BCUT2D eigenvalue weighted by Gasteiger charge is 2.26. The number of thiophene rings is 1. The van der Waals surface area contributed by atoms with Gasteiger partial charge in [0.1, 0.15) is 4.70 Å². The van der Waals surface area contributed by atoms with Gasteiger partial charge in [-0.3, -0.25) is 23.5 Å². The van der Waals surface area contributed by atoms with Crippen molar-refractivity contribution >= 4 is 45.0 Å². The first-order valence-corrected chi connectivity index (χ1v) is 12.2. The SMILES string of the molecule is CNC(=O)CCn1c(=O)n([C@@H]2CCCNC(=O)C2)c(=O)c2sc(-c3cc(OC)c(F)cc3Cl)cc21. The molecule has 0 unspecified atom stereocenters. The Kier molecular flexibility index (Phi) is 7.27. The van der Waals surface area contributed by atoms with Crippen molar-refractivity contribution in [1.82, 2.24) is 19.8 Å². The average molecular weight is 523 g/mol. The third kappa shape index (κ3) is 4.83. The lowest BCUT2D eigenvalue weighted by molar-refractivity contribution is -0.121. The number of aryl methyl sites for hydroxylation is 1. The monoisotopic (exact) mass is 522 g/mol. The van der Waals surface area contributed by atoms with Gasteiger partial charge < -0.3 is 15.4 Å². The number of rotatable bonds is 6. The highest BCUT2D eigenvalue weighted by atomic mass is 35.5. The number of fused-ring (bicyclic) bond motifs is 1. The molecule has 186 valence electrons. The van der Waals surface area contributed by atoms with Crippen LogP contribution in [0.25, 0.3) is 20.7 Å². The first kappa shape index (κ1) is 24.9. The van der Waals surface area contributed by atoms with E-state index in [0.717, 1.165) is 22.0 Å². The largest absolute Gasteiger partial charge is 0.494 e. The number of amides is 2. The third-order valence-corrected chi connectivity index (χ3v) is 7.48. The minimum atomic E-state index is -0.626. The van der Waals surface area contributed by atoms with E-state index in [1.165, 1.54) is 24.8 Å². The molecule has 1 atom stereocenters. The molecule has 1 fully saturated rings. The Morgan fingerprint density at radius 1 is 1.31 bits per heavy atom. The van der Waals surface area contributed by atoms with E-state index in [1.807, 2.05) is 0 Å². The maximum absolute atomic E-state index is 14.1. The molecule has 0 bridgehead atoms. The van der Waals surface area contributed by atoms with E-state index < -0.39 is 23.1 Å². The summed E-state index contributed by atoms with van der Waals surface area (Å²) in [6.45, 7) is 0.510. The number of aromatic nitrogens is 2. The van der Waals surface area contributed by atoms with Crippen molar-refractivity contribution in [1.29, 1.82) is 0 Å². The van der Waals surface area contributed by atoms with Gasteiger partial charge in [0.05, 0.1) is 23.7 Å². The summed E-state index contributed by atoms with van der Waals surface area (Å²) in [6.07, 6.45) is 1.13. The topological polar surface area (TPSA) is 111 Å². The minimum Gasteiger partial charge on any atom is -0.494 e. The lowest BCUT2D eigenvalue weighted by atomic mass is 10.1. The maximum atomic E-state index is 14.1. The molecule has 4 rings (SSSR count). The molecule has 9 nitrogen and oxygen atoms in total. The molecule has 12 heteroatoms. The van der Waals surface area contributed by atoms with Crippen molar-refractivity contribution in [2.24, 2.45) is 0 Å². The average Bonchev–Trinajstić information content (AvgIpc) is 3.15. The van der Waals surface area contributed by atoms with E-state index in [4.69, 9.17) is 16.3 Å². The fourth-order valence-electron chi connectivity index (χ4n) is 4.22. The summed E-state index contributed by atoms with van der Waals surface area (Å²) in [5, 5.41) is 5.40. The molecule has 0 saturated carbocycles. The fourth-order valence-corrected chi connectivity index (χ4v) is 5.66. The Hall–Kier alpha value is -3.18. The number of carbonyl (C=O) groups is 2. The lowest BCUT2D eigenvalue weighted by Crippen LogP contribution is -2.43. The molecule has 0 spiro atoms. The van der Waals surface area contributed by atoms with Crippen LogP contribution in [0.3, 0.4) is 0 Å². The van der Waals surface area contributed by atoms with Gasteiger partial charge in [0.25, 0.3) is 5.56 Å². The van der Waals surface area contributed by atoms with Crippen LogP contribution in [0.4, 0.5) is 4.39 Å². The van der Waals surface area contributed by atoms with Gasteiger partial charge in [-0.15, -0.1) is 11.3 Å². The van der Waals surface area contributed by atoms with Crippen molar-refractivity contribution < 1.29 is 18.7 Å². The minimum absolute atomic E-state index is 0.00925. The van der Waals surface area contributed by atoms with Crippen LogP contribution in [0.15, 0.2) is 27.8 Å². The molecule has 1 aliphatic rings. The molecule has 1 aliphatic heterocycles. The number of ether oxygens (including phenoxy) is 1. The lowest BCUT2D eigenvalue weighted by Gasteiger charge is -2.18. The summed E-state index contributed by atoms with van der Waals surface area (Å²) < 4.78 is 21.9.